The lowest BCUT2D eigenvalue weighted by molar-refractivity contribution is 0.102. The summed E-state index contributed by atoms with van der Waals surface area (Å²) in [6, 6.07) is 10.6. The quantitative estimate of drug-likeness (QED) is 0.929. The second-order valence-electron chi connectivity index (χ2n) is 4.60. The Hall–Kier alpha value is -2.05. The average Bonchev–Trinajstić information content (AvgIpc) is 2.46. The number of ether oxygens (including phenoxy) is 1. The molecule has 0 atom stereocenters. The van der Waals surface area contributed by atoms with Gasteiger partial charge in [-0.3, -0.25) is 4.79 Å². The summed E-state index contributed by atoms with van der Waals surface area (Å²) in [5, 5.41) is 3.08. The van der Waals surface area contributed by atoms with Gasteiger partial charge in [0.05, 0.1) is 17.6 Å². The first-order valence-corrected chi connectivity index (χ1v) is 8.53. The summed E-state index contributed by atoms with van der Waals surface area (Å²) in [5.41, 5.74) is 0.765. The largest absolute Gasteiger partial charge is 0.496 e. The van der Waals surface area contributed by atoms with Crippen molar-refractivity contribution < 1.29 is 17.9 Å². The molecule has 0 heterocycles. The van der Waals surface area contributed by atoms with Crippen molar-refractivity contribution in [3.8, 4) is 5.75 Å². The van der Waals surface area contributed by atoms with Gasteiger partial charge in [-0.25, -0.2) is 8.42 Å². The van der Waals surface area contributed by atoms with Crippen molar-refractivity contribution in [3.63, 3.8) is 0 Å². The smallest absolute Gasteiger partial charge is 0.259 e. The number of carbonyl (C=O) groups is 1. The van der Waals surface area contributed by atoms with Crippen LogP contribution in [0.15, 0.2) is 47.4 Å². The summed E-state index contributed by atoms with van der Waals surface area (Å²) in [6.07, 6.45) is 1.12. The maximum atomic E-state index is 12.3. The highest BCUT2D eigenvalue weighted by atomic mass is 35.5. The molecule has 116 valence electrons. The minimum absolute atomic E-state index is 0.186. The van der Waals surface area contributed by atoms with Gasteiger partial charge >= 0.3 is 0 Å². The molecular formula is C15H14ClNO4S. The molecule has 7 heteroatoms. The van der Waals surface area contributed by atoms with Gasteiger partial charge in [-0.2, -0.15) is 0 Å². The lowest BCUT2D eigenvalue weighted by Gasteiger charge is -2.10. The molecule has 0 aliphatic rings. The first kappa shape index (κ1) is 16.3. The molecule has 1 amide bonds. The van der Waals surface area contributed by atoms with Gasteiger partial charge < -0.3 is 10.1 Å². The van der Waals surface area contributed by atoms with Gasteiger partial charge in [0.2, 0.25) is 0 Å². The maximum absolute atomic E-state index is 12.3. The topological polar surface area (TPSA) is 72.5 Å². The average molecular weight is 340 g/mol. The minimum atomic E-state index is -3.27. The van der Waals surface area contributed by atoms with Crippen LogP contribution in [-0.4, -0.2) is 27.7 Å². The van der Waals surface area contributed by atoms with E-state index >= 15 is 0 Å². The number of anilines is 1. The van der Waals surface area contributed by atoms with Crippen LogP contribution in [0.1, 0.15) is 10.4 Å². The van der Waals surface area contributed by atoms with Crippen LogP contribution in [0.25, 0.3) is 0 Å². The van der Waals surface area contributed by atoms with Crippen molar-refractivity contribution in [3.05, 3.63) is 53.1 Å². The summed E-state index contributed by atoms with van der Waals surface area (Å²) < 4.78 is 27.9. The van der Waals surface area contributed by atoms with E-state index in [4.69, 9.17) is 16.3 Å². The predicted octanol–water partition coefficient (Wildman–Crippen LogP) is 3.00. The Morgan fingerprint density at radius 2 is 1.77 bits per heavy atom. The zero-order chi connectivity index (χ0) is 16.3. The van der Waals surface area contributed by atoms with Gasteiger partial charge in [0.25, 0.3) is 5.91 Å². The highest BCUT2D eigenvalue weighted by molar-refractivity contribution is 7.90. The molecule has 0 bridgehead atoms. The Balaban J connectivity index is 2.24. The normalized spacial score (nSPS) is 11.0. The summed E-state index contributed by atoms with van der Waals surface area (Å²) in [7, 11) is -1.81. The molecule has 0 spiro atoms. The van der Waals surface area contributed by atoms with Crippen molar-refractivity contribution >= 4 is 33.0 Å². The minimum Gasteiger partial charge on any atom is -0.496 e. The second kappa shape index (κ2) is 6.37. The van der Waals surface area contributed by atoms with Crippen LogP contribution in [-0.2, 0) is 9.84 Å². The van der Waals surface area contributed by atoms with Gasteiger partial charge in [0.1, 0.15) is 5.75 Å². The van der Waals surface area contributed by atoms with Crippen molar-refractivity contribution in [1.29, 1.82) is 0 Å². The zero-order valence-corrected chi connectivity index (χ0v) is 13.5. The molecule has 2 aromatic rings. The monoisotopic (exact) mass is 339 g/mol. The Bertz CT molecular complexity index is 801. The van der Waals surface area contributed by atoms with Crippen LogP contribution in [0.4, 0.5) is 5.69 Å². The van der Waals surface area contributed by atoms with E-state index in [2.05, 4.69) is 5.32 Å². The van der Waals surface area contributed by atoms with E-state index in [9.17, 15) is 13.2 Å². The highest BCUT2D eigenvalue weighted by Gasteiger charge is 2.14. The van der Waals surface area contributed by atoms with Crippen molar-refractivity contribution in [2.24, 2.45) is 0 Å². The number of sulfone groups is 1. The van der Waals surface area contributed by atoms with Crippen LogP contribution in [0, 0.1) is 0 Å². The van der Waals surface area contributed by atoms with Gasteiger partial charge in [-0.15, -0.1) is 0 Å². The van der Waals surface area contributed by atoms with E-state index in [1.807, 2.05) is 0 Å². The maximum Gasteiger partial charge on any atom is 0.259 e. The molecular weight excluding hydrogens is 326 g/mol. The Morgan fingerprint density at radius 1 is 1.14 bits per heavy atom. The Morgan fingerprint density at radius 3 is 2.32 bits per heavy atom. The summed E-state index contributed by atoms with van der Waals surface area (Å²) >= 11 is 5.89. The molecule has 2 aromatic carbocycles. The van der Waals surface area contributed by atoms with E-state index in [1.54, 1.807) is 12.1 Å². The van der Waals surface area contributed by atoms with Gasteiger partial charge in [-0.05, 0) is 42.5 Å². The number of benzene rings is 2. The van der Waals surface area contributed by atoms with Crippen LogP contribution in [0.2, 0.25) is 5.02 Å². The number of hydrogen-bond acceptors (Lipinski definition) is 4. The summed E-state index contributed by atoms with van der Waals surface area (Å²) in [5.74, 6) is 0.00103. The molecule has 0 fully saturated rings. The van der Waals surface area contributed by atoms with Gasteiger partial charge in [-0.1, -0.05) is 11.6 Å². The number of nitrogens with one attached hydrogen (secondary N) is 1. The van der Waals surface area contributed by atoms with E-state index in [1.165, 1.54) is 37.4 Å². The van der Waals surface area contributed by atoms with Crippen molar-refractivity contribution in [2.45, 2.75) is 4.90 Å². The summed E-state index contributed by atoms with van der Waals surface area (Å²) in [6.45, 7) is 0. The third-order valence-electron chi connectivity index (χ3n) is 2.95. The Kier molecular flexibility index (Phi) is 4.73. The molecule has 22 heavy (non-hydrogen) atoms. The Labute approximate surface area is 133 Å². The molecule has 0 aromatic heterocycles. The standard InChI is InChI=1S/C15H14ClNO4S/c1-21-14-8-3-10(16)9-13(14)15(18)17-11-4-6-12(7-5-11)22(2,19)20/h3-9H,1-2H3,(H,17,18). The number of methoxy groups -OCH3 is 1. The molecule has 0 aliphatic heterocycles. The first-order chi connectivity index (χ1) is 10.3. The predicted molar refractivity (Wildman–Crippen MR) is 85.5 cm³/mol. The van der Waals surface area contributed by atoms with Crippen LogP contribution < -0.4 is 10.1 Å². The zero-order valence-electron chi connectivity index (χ0n) is 12.0. The molecule has 0 unspecified atom stereocenters. The van der Waals surface area contributed by atoms with Crippen LogP contribution >= 0.6 is 11.6 Å². The first-order valence-electron chi connectivity index (χ1n) is 6.26. The molecule has 2 rings (SSSR count). The van der Waals surface area contributed by atoms with E-state index in [-0.39, 0.29) is 4.90 Å². The number of hydrogen-bond donors (Lipinski definition) is 1. The SMILES string of the molecule is COc1ccc(Cl)cc1C(=O)Nc1ccc(S(C)(=O)=O)cc1. The molecule has 0 radical (unpaired) electrons. The number of halogens is 1. The van der Waals surface area contributed by atoms with Crippen molar-refractivity contribution in [2.75, 3.05) is 18.7 Å². The van der Waals surface area contributed by atoms with E-state index < -0.39 is 15.7 Å². The van der Waals surface area contributed by atoms with Crippen molar-refractivity contribution in [1.82, 2.24) is 0 Å². The van der Waals surface area contributed by atoms with E-state index in [0.717, 1.165) is 6.26 Å². The third kappa shape index (κ3) is 3.78. The molecule has 5 nitrogen and oxygen atoms in total. The second-order valence-corrected chi connectivity index (χ2v) is 7.05. The number of rotatable bonds is 4. The van der Waals surface area contributed by atoms with Gasteiger partial charge in [0.15, 0.2) is 9.84 Å². The lowest BCUT2D eigenvalue weighted by Crippen LogP contribution is -2.13. The van der Waals surface area contributed by atoms with Crippen LogP contribution in [0.3, 0.4) is 0 Å². The fraction of sp³-hybridized carbons (Fsp3) is 0.133. The van der Waals surface area contributed by atoms with E-state index in [0.29, 0.717) is 22.0 Å². The molecule has 0 aliphatic carbocycles. The number of carbonyl (C=O) groups excluding carboxylic acids is 1. The fourth-order valence-electron chi connectivity index (χ4n) is 1.84. The lowest BCUT2D eigenvalue weighted by atomic mass is 10.2. The number of amides is 1. The third-order valence-corrected chi connectivity index (χ3v) is 4.31. The molecule has 1 N–H and O–H groups in total. The molecule has 0 saturated heterocycles. The summed E-state index contributed by atoms with van der Waals surface area (Å²) in [4.78, 5) is 12.4. The molecule has 0 saturated carbocycles. The fourth-order valence-corrected chi connectivity index (χ4v) is 2.64. The highest BCUT2D eigenvalue weighted by Crippen LogP contribution is 2.24. The van der Waals surface area contributed by atoms with Gasteiger partial charge in [0, 0.05) is 17.0 Å². The van der Waals surface area contributed by atoms with Crippen LogP contribution in [0.5, 0.6) is 5.75 Å².